The smallest absolute Gasteiger partial charge is 0.141 e. The predicted molar refractivity (Wildman–Crippen MR) is 82.3 cm³/mol. The largest absolute Gasteiger partial charge is 0.495 e. The molecule has 0 fully saturated rings. The van der Waals surface area contributed by atoms with Crippen LogP contribution in [0.3, 0.4) is 0 Å². The highest BCUT2D eigenvalue weighted by Gasteiger charge is 2.06. The van der Waals surface area contributed by atoms with E-state index in [1.807, 2.05) is 23.0 Å². The normalized spacial score (nSPS) is 12.2. The molecule has 0 radical (unpaired) electrons. The van der Waals surface area contributed by atoms with Crippen LogP contribution >= 0.6 is 0 Å². The van der Waals surface area contributed by atoms with Gasteiger partial charge in [0.15, 0.2) is 0 Å². The minimum Gasteiger partial charge on any atom is -0.495 e. The molecule has 0 amide bonds. The zero-order valence-electron chi connectivity index (χ0n) is 12.7. The van der Waals surface area contributed by atoms with Crippen molar-refractivity contribution in [2.45, 2.75) is 39.8 Å². The Kier molecular flexibility index (Phi) is 4.66. The lowest BCUT2D eigenvalue weighted by Gasteiger charge is -2.11. The molecule has 0 saturated heterocycles. The van der Waals surface area contributed by atoms with E-state index < -0.39 is 0 Å². The molecule has 4 heteroatoms. The molecular weight excluding hydrogens is 250 g/mol. The highest BCUT2D eigenvalue weighted by atomic mass is 16.5. The Hall–Kier alpha value is -1.97. The lowest BCUT2D eigenvalue weighted by molar-refractivity contribution is 0.416. The molecule has 2 rings (SSSR count). The molecule has 1 heterocycles. The number of hydrogen-bond donors (Lipinski definition) is 1. The quantitative estimate of drug-likeness (QED) is 0.870. The number of aryl methyl sites for hydroxylation is 1. The first-order valence-corrected chi connectivity index (χ1v) is 7.06. The van der Waals surface area contributed by atoms with Gasteiger partial charge in [0.25, 0.3) is 0 Å². The summed E-state index contributed by atoms with van der Waals surface area (Å²) in [6.07, 6.45) is 3.12. The second kappa shape index (κ2) is 6.46. The second-order valence-electron chi connectivity index (χ2n) is 5.10. The van der Waals surface area contributed by atoms with Crippen molar-refractivity contribution >= 4 is 5.69 Å². The van der Waals surface area contributed by atoms with Gasteiger partial charge in [-0.3, -0.25) is 4.68 Å². The minimum atomic E-state index is 0.442. The van der Waals surface area contributed by atoms with Crippen LogP contribution in [0.25, 0.3) is 0 Å². The monoisotopic (exact) mass is 273 g/mol. The number of hydrogen-bond acceptors (Lipinski definition) is 3. The maximum atomic E-state index is 5.36. The molecule has 1 unspecified atom stereocenters. The van der Waals surface area contributed by atoms with Crippen molar-refractivity contribution < 1.29 is 4.74 Å². The van der Waals surface area contributed by atoms with E-state index in [9.17, 15) is 0 Å². The van der Waals surface area contributed by atoms with Gasteiger partial charge < -0.3 is 10.1 Å². The summed E-state index contributed by atoms with van der Waals surface area (Å²) < 4.78 is 7.38. The molecule has 0 spiro atoms. The van der Waals surface area contributed by atoms with Crippen LogP contribution in [-0.4, -0.2) is 16.9 Å². The summed E-state index contributed by atoms with van der Waals surface area (Å²) in [6, 6.07) is 8.61. The van der Waals surface area contributed by atoms with Crippen molar-refractivity contribution in [1.82, 2.24) is 9.78 Å². The van der Waals surface area contributed by atoms with E-state index in [2.05, 4.69) is 43.3 Å². The molecule has 4 nitrogen and oxygen atoms in total. The van der Waals surface area contributed by atoms with Crippen LogP contribution in [0.2, 0.25) is 0 Å². The summed E-state index contributed by atoms with van der Waals surface area (Å²) in [4.78, 5) is 0. The standard InChI is InChI=1S/C16H23N3O/c1-5-13(3)19-9-8-14(18-19)11-17-15-10-12(2)6-7-16(15)20-4/h6-10,13,17H,5,11H2,1-4H3. The van der Waals surface area contributed by atoms with Gasteiger partial charge >= 0.3 is 0 Å². The molecule has 1 aromatic carbocycles. The van der Waals surface area contributed by atoms with Crippen LogP contribution in [0, 0.1) is 6.92 Å². The average Bonchev–Trinajstić information content (AvgIpc) is 2.93. The van der Waals surface area contributed by atoms with E-state index in [4.69, 9.17) is 4.74 Å². The van der Waals surface area contributed by atoms with Gasteiger partial charge in [-0.2, -0.15) is 5.10 Å². The average molecular weight is 273 g/mol. The molecule has 1 aromatic heterocycles. The van der Waals surface area contributed by atoms with Crippen LogP contribution in [0.15, 0.2) is 30.5 Å². The minimum absolute atomic E-state index is 0.442. The number of nitrogens with one attached hydrogen (secondary N) is 1. The fraction of sp³-hybridized carbons (Fsp3) is 0.438. The lowest BCUT2D eigenvalue weighted by atomic mass is 10.2. The third-order valence-corrected chi connectivity index (χ3v) is 3.52. The summed E-state index contributed by atoms with van der Waals surface area (Å²) in [5.74, 6) is 0.858. The number of aromatic nitrogens is 2. The van der Waals surface area contributed by atoms with E-state index in [0.717, 1.165) is 23.6 Å². The molecule has 0 bridgehead atoms. The van der Waals surface area contributed by atoms with E-state index in [0.29, 0.717) is 12.6 Å². The van der Waals surface area contributed by atoms with Gasteiger partial charge in [-0.1, -0.05) is 13.0 Å². The first kappa shape index (κ1) is 14.4. The third-order valence-electron chi connectivity index (χ3n) is 3.52. The highest BCUT2D eigenvalue weighted by molar-refractivity contribution is 5.58. The van der Waals surface area contributed by atoms with Crippen molar-refractivity contribution in [3.63, 3.8) is 0 Å². The number of benzene rings is 1. The Morgan fingerprint density at radius 3 is 2.85 bits per heavy atom. The van der Waals surface area contributed by atoms with Crippen molar-refractivity contribution in [2.75, 3.05) is 12.4 Å². The molecule has 2 aromatic rings. The molecule has 1 N–H and O–H groups in total. The molecular formula is C16H23N3O. The van der Waals surface area contributed by atoms with Gasteiger partial charge in [-0.05, 0) is 44.0 Å². The summed E-state index contributed by atoms with van der Waals surface area (Å²) in [6.45, 7) is 7.11. The Morgan fingerprint density at radius 1 is 1.35 bits per heavy atom. The number of methoxy groups -OCH3 is 1. The number of rotatable bonds is 6. The maximum absolute atomic E-state index is 5.36. The van der Waals surface area contributed by atoms with Gasteiger partial charge in [-0.15, -0.1) is 0 Å². The van der Waals surface area contributed by atoms with Crippen molar-refractivity contribution in [2.24, 2.45) is 0 Å². The Balaban J connectivity index is 2.05. The summed E-state index contributed by atoms with van der Waals surface area (Å²) in [7, 11) is 1.69. The molecule has 20 heavy (non-hydrogen) atoms. The maximum Gasteiger partial charge on any atom is 0.141 e. The van der Waals surface area contributed by atoms with Crippen molar-refractivity contribution in [1.29, 1.82) is 0 Å². The van der Waals surface area contributed by atoms with E-state index in [1.165, 1.54) is 5.56 Å². The van der Waals surface area contributed by atoms with Gasteiger partial charge in [0, 0.05) is 12.2 Å². The molecule has 108 valence electrons. The van der Waals surface area contributed by atoms with E-state index in [-0.39, 0.29) is 0 Å². The Labute approximate surface area is 120 Å². The van der Waals surface area contributed by atoms with Crippen LogP contribution in [-0.2, 0) is 6.54 Å². The van der Waals surface area contributed by atoms with Gasteiger partial charge in [-0.25, -0.2) is 0 Å². The Morgan fingerprint density at radius 2 is 2.15 bits per heavy atom. The zero-order valence-corrected chi connectivity index (χ0v) is 12.7. The number of ether oxygens (including phenoxy) is 1. The second-order valence-corrected chi connectivity index (χ2v) is 5.10. The van der Waals surface area contributed by atoms with Crippen LogP contribution in [0.1, 0.15) is 37.6 Å². The third kappa shape index (κ3) is 3.32. The molecule has 0 aliphatic heterocycles. The van der Waals surface area contributed by atoms with Crippen LogP contribution < -0.4 is 10.1 Å². The van der Waals surface area contributed by atoms with Crippen molar-refractivity contribution in [3.05, 3.63) is 41.7 Å². The van der Waals surface area contributed by atoms with Gasteiger partial charge in [0.2, 0.25) is 0 Å². The SMILES string of the molecule is CCC(C)n1ccc(CNc2cc(C)ccc2OC)n1. The van der Waals surface area contributed by atoms with E-state index >= 15 is 0 Å². The summed E-state index contributed by atoms with van der Waals surface area (Å²) >= 11 is 0. The van der Waals surface area contributed by atoms with Gasteiger partial charge in [0.1, 0.15) is 5.75 Å². The topological polar surface area (TPSA) is 39.1 Å². The molecule has 0 aliphatic rings. The zero-order chi connectivity index (χ0) is 14.5. The fourth-order valence-electron chi connectivity index (χ4n) is 2.05. The van der Waals surface area contributed by atoms with E-state index in [1.54, 1.807) is 7.11 Å². The molecule has 0 aliphatic carbocycles. The summed E-state index contributed by atoms with van der Waals surface area (Å²) in [5.41, 5.74) is 3.25. The van der Waals surface area contributed by atoms with Crippen molar-refractivity contribution in [3.8, 4) is 5.75 Å². The number of nitrogens with zero attached hydrogens (tertiary/aromatic N) is 2. The Bertz CT molecular complexity index is 563. The number of anilines is 1. The van der Waals surface area contributed by atoms with Gasteiger partial charge in [0.05, 0.1) is 25.0 Å². The summed E-state index contributed by atoms with van der Waals surface area (Å²) in [5, 5.41) is 7.98. The fourth-order valence-corrected chi connectivity index (χ4v) is 2.05. The first-order chi connectivity index (χ1) is 9.63. The lowest BCUT2D eigenvalue weighted by Crippen LogP contribution is -2.07. The molecule has 1 atom stereocenters. The predicted octanol–water partition coefficient (Wildman–Crippen LogP) is 3.78. The highest BCUT2D eigenvalue weighted by Crippen LogP contribution is 2.25. The molecule has 0 saturated carbocycles. The first-order valence-electron chi connectivity index (χ1n) is 7.06. The van der Waals surface area contributed by atoms with Crippen LogP contribution in [0.5, 0.6) is 5.75 Å². The van der Waals surface area contributed by atoms with Crippen LogP contribution in [0.4, 0.5) is 5.69 Å².